The number of aryl methyl sites for hydroxylation is 1. The van der Waals surface area contributed by atoms with Gasteiger partial charge in [-0.1, -0.05) is 12.1 Å². The van der Waals surface area contributed by atoms with Crippen molar-refractivity contribution in [3.63, 3.8) is 0 Å². The maximum atomic E-state index is 12.3. The standard InChI is InChI=1S/C19H19N3O2S/c1-3-24-16-9-7-14(8-10-16)21-19-22-17(12-25-19)18(23)20-15-6-4-5-13(2)11-15/h4-12H,3H2,1-2H3,(H,20,23)(H,21,22). The lowest BCUT2D eigenvalue weighted by Gasteiger charge is -2.05. The van der Waals surface area contributed by atoms with Gasteiger partial charge in [-0.15, -0.1) is 11.3 Å². The fourth-order valence-electron chi connectivity index (χ4n) is 2.28. The second-order valence-electron chi connectivity index (χ2n) is 5.44. The predicted octanol–water partition coefficient (Wildman–Crippen LogP) is 4.85. The van der Waals surface area contributed by atoms with Gasteiger partial charge in [0, 0.05) is 16.8 Å². The number of amides is 1. The smallest absolute Gasteiger partial charge is 0.275 e. The van der Waals surface area contributed by atoms with Crippen LogP contribution in [0.25, 0.3) is 0 Å². The number of aromatic nitrogens is 1. The van der Waals surface area contributed by atoms with Crippen molar-refractivity contribution in [1.82, 2.24) is 4.98 Å². The molecule has 0 aliphatic rings. The molecule has 6 heteroatoms. The highest BCUT2D eigenvalue weighted by molar-refractivity contribution is 7.14. The third-order valence-corrected chi connectivity index (χ3v) is 4.19. The van der Waals surface area contributed by atoms with Crippen LogP contribution in [0.3, 0.4) is 0 Å². The minimum atomic E-state index is -0.221. The quantitative estimate of drug-likeness (QED) is 0.665. The molecule has 2 N–H and O–H groups in total. The number of carbonyl (C=O) groups excluding carboxylic acids is 1. The molecule has 3 rings (SSSR count). The summed E-state index contributed by atoms with van der Waals surface area (Å²) in [6.45, 7) is 4.57. The van der Waals surface area contributed by atoms with Gasteiger partial charge >= 0.3 is 0 Å². The Morgan fingerprint density at radius 3 is 2.68 bits per heavy atom. The first kappa shape index (κ1) is 17.0. The molecule has 0 saturated heterocycles. The molecule has 25 heavy (non-hydrogen) atoms. The summed E-state index contributed by atoms with van der Waals surface area (Å²) in [6.07, 6.45) is 0. The van der Waals surface area contributed by atoms with E-state index in [0.29, 0.717) is 17.4 Å². The van der Waals surface area contributed by atoms with Gasteiger partial charge in [-0.2, -0.15) is 0 Å². The lowest BCUT2D eigenvalue weighted by molar-refractivity contribution is 0.102. The Morgan fingerprint density at radius 1 is 1.16 bits per heavy atom. The van der Waals surface area contributed by atoms with Gasteiger partial charge < -0.3 is 15.4 Å². The molecule has 0 spiro atoms. The van der Waals surface area contributed by atoms with E-state index < -0.39 is 0 Å². The lowest BCUT2D eigenvalue weighted by Crippen LogP contribution is -2.12. The van der Waals surface area contributed by atoms with E-state index in [-0.39, 0.29) is 5.91 Å². The van der Waals surface area contributed by atoms with Crippen LogP contribution in [0.4, 0.5) is 16.5 Å². The van der Waals surface area contributed by atoms with Gasteiger partial charge in [-0.25, -0.2) is 4.98 Å². The molecule has 1 aromatic heterocycles. The highest BCUT2D eigenvalue weighted by Gasteiger charge is 2.11. The summed E-state index contributed by atoms with van der Waals surface area (Å²) in [5, 5.41) is 8.46. The number of carbonyl (C=O) groups is 1. The number of anilines is 3. The minimum Gasteiger partial charge on any atom is -0.494 e. The topological polar surface area (TPSA) is 63.2 Å². The van der Waals surface area contributed by atoms with Crippen LogP contribution < -0.4 is 15.4 Å². The van der Waals surface area contributed by atoms with Gasteiger partial charge in [0.1, 0.15) is 11.4 Å². The molecule has 0 aliphatic carbocycles. The van der Waals surface area contributed by atoms with Crippen LogP contribution in [-0.2, 0) is 0 Å². The number of ether oxygens (including phenoxy) is 1. The number of hydrogen-bond acceptors (Lipinski definition) is 5. The molecule has 0 bridgehead atoms. The third kappa shape index (κ3) is 4.58. The van der Waals surface area contributed by atoms with E-state index in [1.54, 1.807) is 5.38 Å². The van der Waals surface area contributed by atoms with E-state index in [0.717, 1.165) is 22.7 Å². The molecule has 0 saturated carbocycles. The fraction of sp³-hybridized carbons (Fsp3) is 0.158. The van der Waals surface area contributed by atoms with Gasteiger partial charge in [0.15, 0.2) is 5.13 Å². The minimum absolute atomic E-state index is 0.221. The van der Waals surface area contributed by atoms with Crippen molar-refractivity contribution < 1.29 is 9.53 Å². The van der Waals surface area contributed by atoms with E-state index in [1.165, 1.54) is 11.3 Å². The van der Waals surface area contributed by atoms with Crippen LogP contribution in [0, 0.1) is 6.92 Å². The predicted molar refractivity (Wildman–Crippen MR) is 102 cm³/mol. The van der Waals surface area contributed by atoms with Crippen molar-refractivity contribution in [2.24, 2.45) is 0 Å². The molecule has 0 aliphatic heterocycles. The molecule has 2 aromatic carbocycles. The van der Waals surface area contributed by atoms with Crippen molar-refractivity contribution in [2.45, 2.75) is 13.8 Å². The largest absolute Gasteiger partial charge is 0.494 e. The SMILES string of the molecule is CCOc1ccc(Nc2nc(C(=O)Nc3cccc(C)c3)cs2)cc1. The van der Waals surface area contributed by atoms with Crippen LogP contribution in [0.1, 0.15) is 23.0 Å². The van der Waals surface area contributed by atoms with Gasteiger partial charge in [-0.05, 0) is 55.8 Å². The van der Waals surface area contributed by atoms with Crippen LogP contribution in [-0.4, -0.2) is 17.5 Å². The number of benzene rings is 2. The fourth-order valence-corrected chi connectivity index (χ4v) is 2.99. The summed E-state index contributed by atoms with van der Waals surface area (Å²) in [4.78, 5) is 16.6. The highest BCUT2D eigenvalue weighted by Crippen LogP contribution is 2.23. The molecule has 0 fully saturated rings. The van der Waals surface area contributed by atoms with Crippen molar-refractivity contribution in [2.75, 3.05) is 17.2 Å². The van der Waals surface area contributed by atoms with Gasteiger partial charge in [0.2, 0.25) is 0 Å². The molecule has 0 radical (unpaired) electrons. The first-order chi connectivity index (χ1) is 12.1. The normalized spacial score (nSPS) is 10.3. The zero-order valence-corrected chi connectivity index (χ0v) is 14.9. The van der Waals surface area contributed by atoms with Crippen LogP contribution >= 0.6 is 11.3 Å². The third-order valence-electron chi connectivity index (χ3n) is 3.43. The number of hydrogen-bond donors (Lipinski definition) is 2. The summed E-state index contributed by atoms with van der Waals surface area (Å²) in [7, 11) is 0. The molecular weight excluding hydrogens is 334 g/mol. The maximum Gasteiger partial charge on any atom is 0.275 e. The number of nitrogens with one attached hydrogen (secondary N) is 2. The Labute approximate surface area is 150 Å². The molecule has 0 atom stereocenters. The molecule has 5 nitrogen and oxygen atoms in total. The van der Waals surface area contributed by atoms with Crippen LogP contribution in [0.2, 0.25) is 0 Å². The van der Waals surface area contributed by atoms with E-state index >= 15 is 0 Å². The molecule has 1 heterocycles. The van der Waals surface area contributed by atoms with Crippen LogP contribution in [0.15, 0.2) is 53.9 Å². The van der Waals surface area contributed by atoms with E-state index in [4.69, 9.17) is 4.74 Å². The highest BCUT2D eigenvalue weighted by atomic mass is 32.1. The maximum absolute atomic E-state index is 12.3. The average Bonchev–Trinajstić information content (AvgIpc) is 3.06. The first-order valence-electron chi connectivity index (χ1n) is 7.97. The van der Waals surface area contributed by atoms with Crippen molar-refractivity contribution in [1.29, 1.82) is 0 Å². The Bertz CT molecular complexity index is 859. The summed E-state index contributed by atoms with van der Waals surface area (Å²) in [5.74, 6) is 0.604. The molecule has 0 unspecified atom stereocenters. The summed E-state index contributed by atoms with van der Waals surface area (Å²) >= 11 is 1.39. The van der Waals surface area contributed by atoms with Crippen LogP contribution in [0.5, 0.6) is 5.75 Å². The monoisotopic (exact) mass is 353 g/mol. The zero-order valence-electron chi connectivity index (χ0n) is 14.1. The number of nitrogens with zero attached hydrogens (tertiary/aromatic N) is 1. The molecule has 128 valence electrons. The Morgan fingerprint density at radius 2 is 1.96 bits per heavy atom. The van der Waals surface area contributed by atoms with Gasteiger partial charge in [-0.3, -0.25) is 4.79 Å². The Balaban J connectivity index is 1.64. The zero-order chi connectivity index (χ0) is 17.6. The molecule has 1 amide bonds. The first-order valence-corrected chi connectivity index (χ1v) is 8.85. The van der Waals surface area contributed by atoms with E-state index in [1.807, 2.05) is 62.4 Å². The van der Waals surface area contributed by atoms with Crippen molar-refractivity contribution in [3.8, 4) is 5.75 Å². The summed E-state index contributed by atoms with van der Waals surface area (Å²) < 4.78 is 5.42. The summed E-state index contributed by atoms with van der Waals surface area (Å²) in [6, 6.07) is 15.3. The van der Waals surface area contributed by atoms with Crippen molar-refractivity contribution in [3.05, 3.63) is 65.2 Å². The lowest BCUT2D eigenvalue weighted by atomic mass is 10.2. The second kappa shape index (κ2) is 7.81. The Kier molecular flexibility index (Phi) is 5.30. The number of rotatable bonds is 6. The average molecular weight is 353 g/mol. The number of thiazole rings is 1. The molecular formula is C19H19N3O2S. The van der Waals surface area contributed by atoms with E-state index in [9.17, 15) is 4.79 Å². The van der Waals surface area contributed by atoms with Crippen molar-refractivity contribution >= 4 is 33.8 Å². The van der Waals surface area contributed by atoms with Gasteiger partial charge in [0.05, 0.1) is 6.61 Å². The van der Waals surface area contributed by atoms with E-state index in [2.05, 4.69) is 15.6 Å². The summed E-state index contributed by atoms with van der Waals surface area (Å²) in [5.41, 5.74) is 3.14. The molecule has 3 aromatic rings. The van der Waals surface area contributed by atoms with Gasteiger partial charge in [0.25, 0.3) is 5.91 Å². The Hall–Kier alpha value is -2.86. The second-order valence-corrected chi connectivity index (χ2v) is 6.30.